The van der Waals surface area contributed by atoms with Crippen molar-refractivity contribution in [1.82, 2.24) is 9.80 Å². The highest BCUT2D eigenvalue weighted by molar-refractivity contribution is 5.93. The van der Waals surface area contributed by atoms with Crippen LogP contribution >= 0.6 is 0 Å². The van der Waals surface area contributed by atoms with Gasteiger partial charge in [0.05, 0.1) is 34.3 Å². The van der Waals surface area contributed by atoms with Gasteiger partial charge in [-0.3, -0.25) is 14.5 Å². The van der Waals surface area contributed by atoms with Crippen molar-refractivity contribution in [3.63, 3.8) is 0 Å². The molecule has 1 aliphatic heterocycles. The summed E-state index contributed by atoms with van der Waals surface area (Å²) in [4.78, 5) is 29.1. The van der Waals surface area contributed by atoms with Crippen LogP contribution in [0.3, 0.4) is 0 Å². The number of carbonyl (C=O) groups is 2. The zero-order valence-electron chi connectivity index (χ0n) is 19.1. The van der Waals surface area contributed by atoms with Crippen LogP contribution in [-0.4, -0.2) is 75.7 Å². The number of rotatable bonds is 8. The van der Waals surface area contributed by atoms with Crippen LogP contribution < -0.4 is 19.5 Å². The molecule has 1 heterocycles. The fraction of sp³-hybridized carbons (Fsp3) is 0.417. The van der Waals surface area contributed by atoms with Crippen molar-refractivity contribution in [1.29, 1.82) is 0 Å². The van der Waals surface area contributed by atoms with Gasteiger partial charge in [-0.2, -0.15) is 0 Å². The van der Waals surface area contributed by atoms with Crippen molar-refractivity contribution < 1.29 is 23.8 Å². The number of methoxy groups -OCH3 is 3. The van der Waals surface area contributed by atoms with Gasteiger partial charge < -0.3 is 24.4 Å². The van der Waals surface area contributed by atoms with Crippen molar-refractivity contribution in [2.24, 2.45) is 0 Å². The Morgan fingerprint density at radius 3 is 2.03 bits per heavy atom. The Balaban J connectivity index is 1.50. The van der Waals surface area contributed by atoms with Crippen LogP contribution in [-0.2, 0) is 16.0 Å². The first-order chi connectivity index (χ1) is 15.4. The molecule has 0 spiro atoms. The van der Waals surface area contributed by atoms with Crippen LogP contribution in [0.15, 0.2) is 36.4 Å². The van der Waals surface area contributed by atoms with Crippen molar-refractivity contribution in [3.8, 4) is 17.2 Å². The molecule has 32 heavy (non-hydrogen) atoms. The summed E-state index contributed by atoms with van der Waals surface area (Å²) in [5.41, 5.74) is 2.77. The lowest BCUT2D eigenvalue weighted by Crippen LogP contribution is -2.50. The molecule has 8 heteroatoms. The summed E-state index contributed by atoms with van der Waals surface area (Å²) < 4.78 is 16.0. The van der Waals surface area contributed by atoms with E-state index in [9.17, 15) is 9.59 Å². The Labute approximate surface area is 189 Å². The van der Waals surface area contributed by atoms with E-state index in [1.54, 1.807) is 12.1 Å². The smallest absolute Gasteiger partial charge is 0.238 e. The van der Waals surface area contributed by atoms with Crippen LogP contribution in [0.1, 0.15) is 11.1 Å². The zero-order chi connectivity index (χ0) is 23.1. The molecule has 2 aromatic rings. The van der Waals surface area contributed by atoms with E-state index < -0.39 is 0 Å². The lowest BCUT2D eigenvalue weighted by Gasteiger charge is -2.34. The number of nitrogens with one attached hydrogen (secondary N) is 1. The number of anilines is 1. The van der Waals surface area contributed by atoms with Gasteiger partial charge in [-0.05, 0) is 12.5 Å². The van der Waals surface area contributed by atoms with E-state index in [0.29, 0.717) is 55.5 Å². The highest BCUT2D eigenvalue weighted by Gasteiger charge is 2.23. The van der Waals surface area contributed by atoms with E-state index in [1.807, 2.05) is 41.0 Å². The molecular weight excluding hydrogens is 410 g/mol. The van der Waals surface area contributed by atoms with Gasteiger partial charge in [0, 0.05) is 44.0 Å². The minimum atomic E-state index is -0.140. The Kier molecular flexibility index (Phi) is 7.94. The Bertz CT molecular complexity index is 912. The summed E-state index contributed by atoms with van der Waals surface area (Å²) in [5, 5.41) is 2.88. The van der Waals surface area contributed by atoms with Gasteiger partial charge in [-0.1, -0.05) is 29.8 Å². The number of hydrogen-bond donors (Lipinski definition) is 1. The van der Waals surface area contributed by atoms with Crippen molar-refractivity contribution >= 4 is 17.5 Å². The summed E-state index contributed by atoms with van der Waals surface area (Å²) in [5.74, 6) is 1.40. The summed E-state index contributed by atoms with van der Waals surface area (Å²) in [7, 11) is 4.59. The van der Waals surface area contributed by atoms with Crippen LogP contribution in [0, 0.1) is 6.92 Å². The number of amides is 2. The first-order valence-electron chi connectivity index (χ1n) is 10.6. The van der Waals surface area contributed by atoms with E-state index in [-0.39, 0.29) is 18.4 Å². The second-order valence-corrected chi connectivity index (χ2v) is 7.78. The fourth-order valence-corrected chi connectivity index (χ4v) is 3.70. The maximum absolute atomic E-state index is 12.6. The molecule has 0 bridgehead atoms. The standard InChI is InChI=1S/C24H31N3O5/c1-17-5-7-18(8-6-17)13-23(29)27-11-9-26(10-12-27)16-22(28)25-19-14-20(30-2)24(32-4)21(15-19)31-3/h5-8,14-15H,9-13,16H2,1-4H3,(H,25,28). The zero-order valence-corrected chi connectivity index (χ0v) is 19.1. The van der Waals surface area contributed by atoms with Gasteiger partial charge in [0.15, 0.2) is 11.5 Å². The van der Waals surface area contributed by atoms with Gasteiger partial charge in [-0.15, -0.1) is 0 Å². The predicted molar refractivity (Wildman–Crippen MR) is 123 cm³/mol. The summed E-state index contributed by atoms with van der Waals surface area (Å²) >= 11 is 0. The third-order valence-corrected chi connectivity index (χ3v) is 5.52. The van der Waals surface area contributed by atoms with Gasteiger partial charge >= 0.3 is 0 Å². The lowest BCUT2D eigenvalue weighted by molar-refractivity contribution is -0.132. The molecule has 0 aliphatic carbocycles. The van der Waals surface area contributed by atoms with E-state index >= 15 is 0 Å². The number of piperazine rings is 1. The molecule has 0 aromatic heterocycles. The average molecular weight is 442 g/mol. The molecule has 0 atom stereocenters. The molecule has 2 amide bonds. The van der Waals surface area contributed by atoms with E-state index in [0.717, 1.165) is 5.56 Å². The topological polar surface area (TPSA) is 80.3 Å². The molecule has 1 aliphatic rings. The second kappa shape index (κ2) is 10.9. The van der Waals surface area contributed by atoms with Crippen molar-refractivity contribution in [2.75, 3.05) is 59.4 Å². The second-order valence-electron chi connectivity index (χ2n) is 7.78. The fourth-order valence-electron chi connectivity index (χ4n) is 3.70. The van der Waals surface area contributed by atoms with E-state index in [4.69, 9.17) is 14.2 Å². The molecule has 1 fully saturated rings. The third kappa shape index (κ3) is 5.91. The number of benzene rings is 2. The lowest BCUT2D eigenvalue weighted by atomic mass is 10.1. The number of ether oxygens (including phenoxy) is 3. The number of nitrogens with zero attached hydrogens (tertiary/aromatic N) is 2. The number of aryl methyl sites for hydroxylation is 1. The van der Waals surface area contributed by atoms with E-state index in [1.165, 1.54) is 26.9 Å². The van der Waals surface area contributed by atoms with Crippen LogP contribution in [0.2, 0.25) is 0 Å². The SMILES string of the molecule is COc1cc(NC(=O)CN2CCN(C(=O)Cc3ccc(C)cc3)CC2)cc(OC)c1OC. The molecule has 3 rings (SSSR count). The van der Waals surface area contributed by atoms with Crippen LogP contribution in [0.25, 0.3) is 0 Å². The van der Waals surface area contributed by atoms with Crippen LogP contribution in [0.4, 0.5) is 5.69 Å². The molecule has 0 unspecified atom stereocenters. The Morgan fingerprint density at radius 1 is 0.906 bits per heavy atom. The summed E-state index contributed by atoms with van der Waals surface area (Å²) in [6.45, 7) is 4.81. The normalized spacial score (nSPS) is 14.1. The summed E-state index contributed by atoms with van der Waals surface area (Å²) in [6.07, 6.45) is 0.405. The highest BCUT2D eigenvalue weighted by atomic mass is 16.5. The van der Waals surface area contributed by atoms with Crippen LogP contribution in [0.5, 0.6) is 17.2 Å². The number of hydrogen-bond acceptors (Lipinski definition) is 6. The van der Waals surface area contributed by atoms with Crippen molar-refractivity contribution in [2.45, 2.75) is 13.3 Å². The summed E-state index contributed by atoms with van der Waals surface area (Å²) in [6, 6.07) is 11.4. The largest absolute Gasteiger partial charge is 0.493 e. The first kappa shape index (κ1) is 23.4. The minimum Gasteiger partial charge on any atom is -0.493 e. The molecular formula is C24H31N3O5. The monoisotopic (exact) mass is 441 g/mol. The Morgan fingerprint density at radius 2 is 1.50 bits per heavy atom. The maximum atomic E-state index is 12.6. The molecule has 1 saturated heterocycles. The van der Waals surface area contributed by atoms with Gasteiger partial charge in [-0.25, -0.2) is 0 Å². The van der Waals surface area contributed by atoms with Gasteiger partial charge in [0.25, 0.3) is 0 Å². The maximum Gasteiger partial charge on any atom is 0.238 e. The quantitative estimate of drug-likeness (QED) is 0.677. The molecule has 2 aromatic carbocycles. The average Bonchev–Trinajstić information content (AvgIpc) is 2.80. The van der Waals surface area contributed by atoms with Crippen molar-refractivity contribution in [3.05, 3.63) is 47.5 Å². The van der Waals surface area contributed by atoms with E-state index in [2.05, 4.69) is 5.32 Å². The molecule has 8 nitrogen and oxygen atoms in total. The highest BCUT2D eigenvalue weighted by Crippen LogP contribution is 2.39. The molecule has 0 saturated carbocycles. The van der Waals surface area contributed by atoms with Gasteiger partial charge in [0.1, 0.15) is 0 Å². The predicted octanol–water partition coefficient (Wildman–Crippen LogP) is 2.35. The Hall–Kier alpha value is -3.26. The molecule has 1 N–H and O–H groups in total. The minimum absolute atomic E-state index is 0.121. The molecule has 172 valence electrons. The number of carbonyl (C=O) groups excluding carboxylic acids is 2. The molecule has 0 radical (unpaired) electrons. The third-order valence-electron chi connectivity index (χ3n) is 5.52. The van der Waals surface area contributed by atoms with Gasteiger partial charge in [0.2, 0.25) is 17.6 Å². The first-order valence-corrected chi connectivity index (χ1v) is 10.6.